The Morgan fingerprint density at radius 3 is 2.46 bits per heavy atom. The summed E-state index contributed by atoms with van der Waals surface area (Å²) in [5.41, 5.74) is 4.23. The molecule has 0 aliphatic rings. The molecule has 142 valence electrons. The maximum absolute atomic E-state index is 12.6. The highest BCUT2D eigenvalue weighted by Crippen LogP contribution is 2.24. The number of amides is 1. The van der Waals surface area contributed by atoms with Crippen molar-refractivity contribution in [2.75, 3.05) is 26.5 Å². The molecule has 6 heteroatoms. The van der Waals surface area contributed by atoms with Gasteiger partial charge in [-0.3, -0.25) is 9.78 Å². The van der Waals surface area contributed by atoms with Crippen LogP contribution in [0.5, 0.6) is 5.75 Å². The fourth-order valence-corrected chi connectivity index (χ4v) is 2.64. The number of aromatic nitrogens is 2. The summed E-state index contributed by atoms with van der Waals surface area (Å²) in [6, 6.07) is 15.0. The van der Waals surface area contributed by atoms with Crippen molar-refractivity contribution in [2.24, 2.45) is 0 Å². The lowest BCUT2D eigenvalue weighted by molar-refractivity contribution is 0.102. The SMILES string of the molecule is C=C(c1ccc(-c2cncc(C(=O)Nc3ccccc3OC)n2)cc1)N(C)C. The molecule has 0 unspecified atom stereocenters. The smallest absolute Gasteiger partial charge is 0.275 e. The third kappa shape index (κ3) is 4.17. The van der Waals surface area contributed by atoms with Crippen LogP contribution in [0.1, 0.15) is 16.1 Å². The molecule has 0 saturated heterocycles. The van der Waals surface area contributed by atoms with Gasteiger partial charge in [0.25, 0.3) is 5.91 Å². The summed E-state index contributed by atoms with van der Waals surface area (Å²) in [5.74, 6) is 0.230. The van der Waals surface area contributed by atoms with Gasteiger partial charge < -0.3 is 15.0 Å². The van der Waals surface area contributed by atoms with Crippen molar-refractivity contribution in [3.8, 4) is 17.0 Å². The maximum atomic E-state index is 12.6. The minimum absolute atomic E-state index is 0.227. The number of nitrogens with zero attached hydrogens (tertiary/aromatic N) is 3. The summed E-state index contributed by atoms with van der Waals surface area (Å²) in [5, 5.41) is 2.81. The molecule has 3 rings (SSSR count). The molecule has 3 aromatic rings. The van der Waals surface area contributed by atoms with Gasteiger partial charge in [-0.1, -0.05) is 43.0 Å². The van der Waals surface area contributed by atoms with Gasteiger partial charge in [0.1, 0.15) is 11.4 Å². The average Bonchev–Trinajstić information content (AvgIpc) is 2.73. The normalized spacial score (nSPS) is 10.2. The Labute approximate surface area is 164 Å². The second-order valence-corrected chi connectivity index (χ2v) is 6.36. The highest BCUT2D eigenvalue weighted by atomic mass is 16.5. The van der Waals surface area contributed by atoms with Gasteiger partial charge in [0.05, 0.1) is 30.9 Å². The van der Waals surface area contributed by atoms with Crippen molar-refractivity contribution in [3.63, 3.8) is 0 Å². The predicted octanol–water partition coefficient (Wildman–Crippen LogP) is 3.94. The Bertz CT molecular complexity index is 997. The molecule has 0 fully saturated rings. The molecule has 6 nitrogen and oxygen atoms in total. The second-order valence-electron chi connectivity index (χ2n) is 6.36. The molecular weight excluding hydrogens is 352 g/mol. The Hall–Kier alpha value is -3.67. The van der Waals surface area contributed by atoms with Crippen LogP contribution in [0.2, 0.25) is 0 Å². The number of hydrogen-bond acceptors (Lipinski definition) is 5. The zero-order valence-electron chi connectivity index (χ0n) is 16.1. The van der Waals surface area contributed by atoms with E-state index in [1.807, 2.05) is 55.4 Å². The number of para-hydroxylation sites is 2. The topological polar surface area (TPSA) is 67.3 Å². The number of methoxy groups -OCH3 is 1. The molecular formula is C22H22N4O2. The number of benzene rings is 2. The summed E-state index contributed by atoms with van der Waals surface area (Å²) < 4.78 is 5.26. The van der Waals surface area contributed by atoms with Crippen LogP contribution in [0.3, 0.4) is 0 Å². The largest absolute Gasteiger partial charge is 0.495 e. The Morgan fingerprint density at radius 2 is 1.79 bits per heavy atom. The summed E-state index contributed by atoms with van der Waals surface area (Å²) in [6.07, 6.45) is 3.08. The highest BCUT2D eigenvalue weighted by Gasteiger charge is 2.13. The molecule has 0 spiro atoms. The van der Waals surface area contributed by atoms with Crippen LogP contribution in [0.15, 0.2) is 67.5 Å². The lowest BCUT2D eigenvalue weighted by atomic mass is 10.1. The molecule has 0 atom stereocenters. The van der Waals surface area contributed by atoms with Crippen LogP contribution in [-0.2, 0) is 0 Å². The molecule has 2 aromatic carbocycles. The van der Waals surface area contributed by atoms with Gasteiger partial charge in [-0.05, 0) is 17.7 Å². The first kappa shape index (κ1) is 19.1. The fraction of sp³-hybridized carbons (Fsp3) is 0.136. The maximum Gasteiger partial charge on any atom is 0.275 e. The lowest BCUT2D eigenvalue weighted by Crippen LogP contribution is -2.15. The average molecular weight is 374 g/mol. The van der Waals surface area contributed by atoms with E-state index in [-0.39, 0.29) is 11.6 Å². The Morgan fingerprint density at radius 1 is 1.07 bits per heavy atom. The molecule has 0 aliphatic heterocycles. The summed E-state index contributed by atoms with van der Waals surface area (Å²) >= 11 is 0. The van der Waals surface area contributed by atoms with Gasteiger partial charge in [0.2, 0.25) is 0 Å². The van der Waals surface area contributed by atoms with Crippen LogP contribution in [0.25, 0.3) is 17.0 Å². The van der Waals surface area contributed by atoms with Gasteiger partial charge in [-0.15, -0.1) is 0 Å². The van der Waals surface area contributed by atoms with Crippen molar-refractivity contribution in [3.05, 3.63) is 78.8 Å². The zero-order chi connectivity index (χ0) is 20.1. The van der Waals surface area contributed by atoms with E-state index < -0.39 is 0 Å². The van der Waals surface area contributed by atoms with Gasteiger partial charge >= 0.3 is 0 Å². The van der Waals surface area contributed by atoms with Crippen molar-refractivity contribution >= 4 is 17.3 Å². The number of ether oxygens (including phenoxy) is 1. The van der Waals surface area contributed by atoms with Crippen LogP contribution in [-0.4, -0.2) is 42.0 Å². The van der Waals surface area contributed by atoms with Gasteiger partial charge in [-0.2, -0.15) is 0 Å². The van der Waals surface area contributed by atoms with E-state index in [0.29, 0.717) is 17.1 Å². The second kappa shape index (κ2) is 8.35. The number of carbonyl (C=O) groups is 1. The van der Waals surface area contributed by atoms with Gasteiger partial charge in [-0.25, -0.2) is 4.98 Å². The Balaban J connectivity index is 1.82. The van der Waals surface area contributed by atoms with E-state index in [9.17, 15) is 4.79 Å². The van der Waals surface area contributed by atoms with Gasteiger partial charge in [0.15, 0.2) is 0 Å². The first-order valence-corrected chi connectivity index (χ1v) is 8.73. The molecule has 0 saturated carbocycles. The molecule has 1 heterocycles. The number of rotatable bonds is 6. The van der Waals surface area contributed by atoms with Crippen LogP contribution in [0.4, 0.5) is 5.69 Å². The molecule has 1 aromatic heterocycles. The van der Waals surface area contributed by atoms with Crippen molar-refractivity contribution in [2.45, 2.75) is 0 Å². The standard InChI is InChI=1S/C22H22N4O2/c1-15(26(2)3)16-9-11-17(12-10-16)19-13-23-14-20(24-19)22(27)25-18-7-5-6-8-21(18)28-4/h5-14H,1H2,2-4H3,(H,25,27). The molecule has 0 aliphatic carbocycles. The van der Waals surface area contributed by atoms with E-state index in [1.165, 1.54) is 6.20 Å². The summed E-state index contributed by atoms with van der Waals surface area (Å²) in [4.78, 5) is 23.2. The predicted molar refractivity (Wildman–Crippen MR) is 111 cm³/mol. The molecule has 1 amide bonds. The number of anilines is 1. The van der Waals surface area contributed by atoms with Gasteiger partial charge in [0, 0.05) is 25.4 Å². The van der Waals surface area contributed by atoms with E-state index in [0.717, 1.165) is 16.8 Å². The van der Waals surface area contributed by atoms with Crippen LogP contribution >= 0.6 is 0 Å². The first-order valence-electron chi connectivity index (χ1n) is 8.73. The minimum Gasteiger partial charge on any atom is -0.495 e. The van der Waals surface area contributed by atoms with E-state index >= 15 is 0 Å². The van der Waals surface area contributed by atoms with Crippen LogP contribution in [0, 0.1) is 0 Å². The zero-order valence-corrected chi connectivity index (χ0v) is 16.1. The Kier molecular flexibility index (Phi) is 5.69. The molecule has 28 heavy (non-hydrogen) atoms. The summed E-state index contributed by atoms with van der Waals surface area (Å²) in [6.45, 7) is 4.05. The molecule has 0 bridgehead atoms. The van der Waals surface area contributed by atoms with Crippen molar-refractivity contribution in [1.82, 2.24) is 14.9 Å². The van der Waals surface area contributed by atoms with Crippen molar-refractivity contribution < 1.29 is 9.53 Å². The minimum atomic E-state index is -0.351. The van der Waals surface area contributed by atoms with E-state index in [4.69, 9.17) is 4.74 Å². The molecule has 0 radical (unpaired) electrons. The lowest BCUT2D eigenvalue weighted by Gasteiger charge is -2.16. The van der Waals surface area contributed by atoms with Crippen LogP contribution < -0.4 is 10.1 Å². The fourth-order valence-electron chi connectivity index (χ4n) is 2.64. The third-order valence-corrected chi connectivity index (χ3v) is 4.28. The number of carbonyl (C=O) groups excluding carboxylic acids is 1. The number of hydrogen-bond donors (Lipinski definition) is 1. The number of nitrogens with one attached hydrogen (secondary N) is 1. The summed E-state index contributed by atoms with van der Waals surface area (Å²) in [7, 11) is 5.46. The highest BCUT2D eigenvalue weighted by molar-refractivity contribution is 6.03. The quantitative estimate of drug-likeness (QED) is 0.708. The van der Waals surface area contributed by atoms with E-state index in [2.05, 4.69) is 21.9 Å². The van der Waals surface area contributed by atoms with E-state index in [1.54, 1.807) is 25.4 Å². The first-order chi connectivity index (χ1) is 13.5. The third-order valence-electron chi connectivity index (χ3n) is 4.28. The van der Waals surface area contributed by atoms with Crippen molar-refractivity contribution in [1.29, 1.82) is 0 Å². The molecule has 1 N–H and O–H groups in total. The monoisotopic (exact) mass is 374 g/mol.